The van der Waals surface area contributed by atoms with Crippen LogP contribution in [0, 0.1) is 10.5 Å². The SMILES string of the molecule is COC(=O)CCc1ccc(OCc2ccc(OC)c(-c3c(C)cccc3I)c2)cc1. The van der Waals surface area contributed by atoms with Gasteiger partial charge in [-0.15, -0.1) is 0 Å². The lowest BCUT2D eigenvalue weighted by Gasteiger charge is -2.15. The first-order valence-corrected chi connectivity index (χ1v) is 10.8. The molecule has 0 aliphatic heterocycles. The van der Waals surface area contributed by atoms with E-state index in [1.54, 1.807) is 7.11 Å². The molecule has 4 nitrogen and oxygen atoms in total. The fraction of sp³-hybridized carbons (Fsp3) is 0.240. The van der Waals surface area contributed by atoms with E-state index in [0.717, 1.165) is 28.2 Å². The van der Waals surface area contributed by atoms with Crippen LogP contribution in [0.3, 0.4) is 0 Å². The summed E-state index contributed by atoms with van der Waals surface area (Å²) in [6.45, 7) is 2.57. The molecule has 0 bridgehead atoms. The number of hydrogen-bond acceptors (Lipinski definition) is 4. The van der Waals surface area contributed by atoms with Crippen molar-refractivity contribution in [2.45, 2.75) is 26.4 Å². The zero-order valence-electron chi connectivity index (χ0n) is 17.4. The Bertz CT molecular complexity index is 992. The van der Waals surface area contributed by atoms with Crippen molar-refractivity contribution < 1.29 is 19.0 Å². The van der Waals surface area contributed by atoms with Gasteiger partial charge in [0.15, 0.2) is 0 Å². The first-order chi connectivity index (χ1) is 14.5. The molecule has 5 heteroatoms. The van der Waals surface area contributed by atoms with Crippen LogP contribution < -0.4 is 9.47 Å². The number of hydrogen-bond donors (Lipinski definition) is 0. The molecule has 0 aliphatic rings. The molecule has 3 aromatic carbocycles. The summed E-state index contributed by atoms with van der Waals surface area (Å²) in [5.74, 6) is 1.44. The van der Waals surface area contributed by atoms with Crippen LogP contribution in [0.2, 0.25) is 0 Å². The van der Waals surface area contributed by atoms with Crippen LogP contribution in [-0.4, -0.2) is 20.2 Å². The lowest BCUT2D eigenvalue weighted by molar-refractivity contribution is -0.140. The second-order valence-electron chi connectivity index (χ2n) is 6.98. The van der Waals surface area contributed by atoms with Crippen molar-refractivity contribution in [1.29, 1.82) is 0 Å². The molecular weight excluding hydrogens is 491 g/mol. The number of carbonyl (C=O) groups is 1. The van der Waals surface area contributed by atoms with Crippen LogP contribution in [0.25, 0.3) is 11.1 Å². The maximum absolute atomic E-state index is 11.3. The number of methoxy groups -OCH3 is 2. The van der Waals surface area contributed by atoms with Gasteiger partial charge in [-0.05, 0) is 83.0 Å². The van der Waals surface area contributed by atoms with Crippen molar-refractivity contribution in [1.82, 2.24) is 0 Å². The van der Waals surface area contributed by atoms with Crippen LogP contribution >= 0.6 is 22.6 Å². The highest BCUT2D eigenvalue weighted by Crippen LogP contribution is 2.36. The smallest absolute Gasteiger partial charge is 0.305 e. The van der Waals surface area contributed by atoms with Gasteiger partial charge in [0, 0.05) is 21.1 Å². The third kappa shape index (κ3) is 5.53. The average Bonchev–Trinajstić information content (AvgIpc) is 2.76. The molecule has 0 fully saturated rings. The molecule has 0 saturated carbocycles. The number of halogens is 1. The summed E-state index contributed by atoms with van der Waals surface area (Å²) < 4.78 is 17.5. The van der Waals surface area contributed by atoms with E-state index in [9.17, 15) is 4.79 Å². The molecule has 30 heavy (non-hydrogen) atoms. The molecule has 0 N–H and O–H groups in total. The van der Waals surface area contributed by atoms with E-state index in [-0.39, 0.29) is 5.97 Å². The zero-order valence-corrected chi connectivity index (χ0v) is 19.6. The van der Waals surface area contributed by atoms with Gasteiger partial charge in [-0.25, -0.2) is 0 Å². The number of benzene rings is 3. The van der Waals surface area contributed by atoms with Crippen LogP contribution in [0.15, 0.2) is 60.7 Å². The van der Waals surface area contributed by atoms with E-state index in [2.05, 4.69) is 58.5 Å². The van der Waals surface area contributed by atoms with Gasteiger partial charge in [0.25, 0.3) is 0 Å². The number of carbonyl (C=O) groups excluding carboxylic acids is 1. The van der Waals surface area contributed by atoms with E-state index >= 15 is 0 Å². The Morgan fingerprint density at radius 2 is 1.70 bits per heavy atom. The summed E-state index contributed by atoms with van der Waals surface area (Å²) in [7, 11) is 3.10. The maximum Gasteiger partial charge on any atom is 0.305 e. The van der Waals surface area contributed by atoms with E-state index in [4.69, 9.17) is 9.47 Å². The average molecular weight is 516 g/mol. The van der Waals surface area contributed by atoms with Crippen LogP contribution in [0.4, 0.5) is 0 Å². The summed E-state index contributed by atoms with van der Waals surface area (Å²) >= 11 is 2.37. The van der Waals surface area contributed by atoms with Gasteiger partial charge < -0.3 is 14.2 Å². The molecule has 0 saturated heterocycles. The molecule has 0 atom stereocenters. The van der Waals surface area contributed by atoms with Crippen molar-refractivity contribution in [3.8, 4) is 22.6 Å². The molecule has 0 heterocycles. The van der Waals surface area contributed by atoms with Crippen molar-refractivity contribution in [2.75, 3.05) is 14.2 Å². The highest BCUT2D eigenvalue weighted by atomic mass is 127. The third-order valence-corrected chi connectivity index (χ3v) is 5.83. The molecule has 0 unspecified atom stereocenters. The minimum atomic E-state index is -0.200. The Labute approximate surface area is 191 Å². The normalized spacial score (nSPS) is 10.5. The molecular formula is C25H25IO4. The summed E-state index contributed by atoms with van der Waals surface area (Å²) in [5.41, 5.74) is 5.61. The second kappa shape index (κ2) is 10.5. The van der Waals surface area contributed by atoms with Crippen molar-refractivity contribution in [3.63, 3.8) is 0 Å². The Hall–Kier alpha value is -2.54. The third-order valence-electron chi connectivity index (χ3n) is 4.93. The summed E-state index contributed by atoms with van der Waals surface area (Å²) in [6.07, 6.45) is 1.03. The van der Waals surface area contributed by atoms with Crippen LogP contribution in [0.1, 0.15) is 23.1 Å². The highest BCUT2D eigenvalue weighted by Gasteiger charge is 2.13. The van der Waals surface area contributed by atoms with E-state index in [1.165, 1.54) is 21.8 Å². The molecule has 0 spiro atoms. The zero-order chi connectivity index (χ0) is 21.5. The minimum absolute atomic E-state index is 0.200. The number of ether oxygens (including phenoxy) is 3. The lowest BCUT2D eigenvalue weighted by Crippen LogP contribution is -2.02. The minimum Gasteiger partial charge on any atom is -0.496 e. The quantitative estimate of drug-likeness (QED) is 0.274. The molecule has 0 aromatic heterocycles. The Balaban J connectivity index is 1.73. The van der Waals surface area contributed by atoms with Gasteiger partial charge in [-0.3, -0.25) is 4.79 Å². The molecule has 0 aliphatic carbocycles. The first kappa shape index (κ1) is 22.2. The predicted octanol–water partition coefficient (Wildman–Crippen LogP) is 5.96. The van der Waals surface area contributed by atoms with E-state index in [1.807, 2.05) is 36.4 Å². The fourth-order valence-electron chi connectivity index (χ4n) is 3.28. The number of esters is 1. The van der Waals surface area contributed by atoms with Gasteiger partial charge in [0.2, 0.25) is 0 Å². The standard InChI is InChI=1S/C25H25IO4/c1-17-5-4-6-22(26)25(17)21-15-19(9-13-23(21)28-2)16-30-20-11-7-18(8-12-20)10-14-24(27)29-3/h4-9,11-13,15H,10,14,16H2,1-3H3. The van der Waals surface area contributed by atoms with Gasteiger partial charge in [0.1, 0.15) is 18.1 Å². The summed E-state index contributed by atoms with van der Waals surface area (Å²) in [4.78, 5) is 11.3. The van der Waals surface area contributed by atoms with E-state index in [0.29, 0.717) is 19.4 Å². The number of rotatable bonds is 8. The summed E-state index contributed by atoms with van der Waals surface area (Å²) in [6, 6.07) is 20.3. The van der Waals surface area contributed by atoms with Crippen molar-refractivity contribution in [3.05, 3.63) is 80.9 Å². The molecule has 3 rings (SSSR count). The van der Waals surface area contributed by atoms with Gasteiger partial charge >= 0.3 is 5.97 Å². The lowest BCUT2D eigenvalue weighted by atomic mass is 9.98. The van der Waals surface area contributed by atoms with Crippen molar-refractivity contribution >= 4 is 28.6 Å². The largest absolute Gasteiger partial charge is 0.496 e. The van der Waals surface area contributed by atoms with Gasteiger partial charge in [-0.1, -0.05) is 30.3 Å². The monoisotopic (exact) mass is 516 g/mol. The van der Waals surface area contributed by atoms with Gasteiger partial charge in [-0.2, -0.15) is 0 Å². The number of aryl methyl sites for hydroxylation is 2. The van der Waals surface area contributed by atoms with Crippen LogP contribution in [-0.2, 0) is 22.6 Å². The molecule has 0 amide bonds. The van der Waals surface area contributed by atoms with Crippen LogP contribution in [0.5, 0.6) is 11.5 Å². The van der Waals surface area contributed by atoms with Gasteiger partial charge in [0.05, 0.1) is 14.2 Å². The Morgan fingerprint density at radius 1 is 0.967 bits per heavy atom. The predicted molar refractivity (Wildman–Crippen MR) is 127 cm³/mol. The Kier molecular flexibility index (Phi) is 7.74. The molecule has 156 valence electrons. The topological polar surface area (TPSA) is 44.8 Å². The first-order valence-electron chi connectivity index (χ1n) is 9.72. The summed E-state index contributed by atoms with van der Waals surface area (Å²) in [5, 5.41) is 0. The van der Waals surface area contributed by atoms with E-state index < -0.39 is 0 Å². The van der Waals surface area contributed by atoms with Crippen molar-refractivity contribution in [2.24, 2.45) is 0 Å². The highest BCUT2D eigenvalue weighted by molar-refractivity contribution is 14.1. The fourth-order valence-corrected chi connectivity index (χ4v) is 4.20. The Morgan fingerprint density at radius 3 is 2.37 bits per heavy atom. The molecule has 0 radical (unpaired) electrons. The second-order valence-corrected chi connectivity index (χ2v) is 8.14. The maximum atomic E-state index is 11.3. The molecule has 3 aromatic rings.